The fourth-order valence-corrected chi connectivity index (χ4v) is 0.387. The Hall–Kier alpha value is -0.570. The van der Waals surface area contributed by atoms with E-state index in [0.29, 0.717) is 12.6 Å². The van der Waals surface area contributed by atoms with Gasteiger partial charge in [0.1, 0.15) is 6.61 Å². The summed E-state index contributed by atoms with van der Waals surface area (Å²) < 4.78 is 4.78. The molecule has 0 rings (SSSR count). The highest BCUT2D eigenvalue weighted by Crippen LogP contribution is 1.91. The molecule has 0 aromatic carbocycles. The van der Waals surface area contributed by atoms with Crippen LogP contribution in [0.15, 0.2) is 0 Å². The molecule has 0 amide bonds. The average molecular weight is 175 g/mol. The number of hydrogen-bond donors (Lipinski definition) is 0. The van der Waals surface area contributed by atoms with Gasteiger partial charge in [-0.2, -0.15) is 0 Å². The van der Waals surface area contributed by atoms with E-state index < -0.39 is 0 Å². The Morgan fingerprint density at radius 2 is 1.83 bits per heavy atom. The first-order valence-corrected chi connectivity index (χ1v) is 4.34. The Labute approximate surface area is 75.7 Å². The van der Waals surface area contributed by atoms with Crippen molar-refractivity contribution in [3.63, 3.8) is 0 Å². The lowest BCUT2D eigenvalue weighted by Crippen LogP contribution is -2.29. The summed E-state index contributed by atoms with van der Waals surface area (Å²) in [5.74, 6) is -0.214. The van der Waals surface area contributed by atoms with Crippen LogP contribution in [0.4, 0.5) is 0 Å². The van der Waals surface area contributed by atoms with E-state index in [0.717, 1.165) is 0 Å². The molecule has 1 atom stereocenters. The molecule has 0 bridgehead atoms. The van der Waals surface area contributed by atoms with Crippen LogP contribution >= 0.6 is 0 Å². The number of nitrogens with zero attached hydrogens (tertiary/aromatic N) is 1. The van der Waals surface area contributed by atoms with Crippen molar-refractivity contribution >= 4 is 5.97 Å². The molecule has 3 heteroatoms. The van der Waals surface area contributed by atoms with Crippen molar-refractivity contribution in [2.75, 3.05) is 20.7 Å². The Kier molecular flexibility index (Phi) is 9.93. The van der Waals surface area contributed by atoms with Crippen LogP contribution in [-0.2, 0) is 9.53 Å². The van der Waals surface area contributed by atoms with E-state index in [4.69, 9.17) is 4.74 Å². The van der Waals surface area contributed by atoms with Gasteiger partial charge < -0.3 is 9.64 Å². The predicted octanol–water partition coefficient (Wildman–Crippen LogP) is 1.53. The Bertz CT molecular complexity index is 113. The summed E-state index contributed by atoms with van der Waals surface area (Å²) in [6.07, 6.45) is 0. The first-order chi connectivity index (χ1) is 5.54. The summed E-state index contributed by atoms with van der Waals surface area (Å²) in [5.41, 5.74) is 0. The molecule has 1 unspecified atom stereocenters. The maximum atomic E-state index is 10.3. The highest BCUT2D eigenvalue weighted by atomic mass is 16.5. The largest absolute Gasteiger partial charge is 0.464 e. The Morgan fingerprint density at radius 1 is 1.42 bits per heavy atom. The van der Waals surface area contributed by atoms with Crippen molar-refractivity contribution in [2.24, 2.45) is 0 Å². The molecule has 0 radical (unpaired) electrons. The molecule has 3 nitrogen and oxygen atoms in total. The molecule has 0 aliphatic rings. The van der Waals surface area contributed by atoms with Gasteiger partial charge in [-0.15, -0.1) is 0 Å². The number of hydrogen-bond acceptors (Lipinski definition) is 3. The molecule has 0 aromatic rings. The van der Waals surface area contributed by atoms with Crippen molar-refractivity contribution in [1.82, 2.24) is 4.90 Å². The highest BCUT2D eigenvalue weighted by molar-refractivity contribution is 5.65. The SMILES string of the molecule is CC.CC(=O)OCC(C)N(C)C. The molecule has 12 heavy (non-hydrogen) atoms. The molecule has 0 aliphatic heterocycles. The van der Waals surface area contributed by atoms with Crippen molar-refractivity contribution < 1.29 is 9.53 Å². The van der Waals surface area contributed by atoms with Crippen LogP contribution in [0, 0.1) is 0 Å². The van der Waals surface area contributed by atoms with Crippen LogP contribution < -0.4 is 0 Å². The maximum Gasteiger partial charge on any atom is 0.302 e. The molecular formula is C9H21NO2. The lowest BCUT2D eigenvalue weighted by Gasteiger charge is -2.18. The van der Waals surface area contributed by atoms with Gasteiger partial charge in [0.15, 0.2) is 0 Å². The quantitative estimate of drug-likeness (QED) is 0.609. The molecular weight excluding hydrogens is 154 g/mol. The predicted molar refractivity (Wildman–Crippen MR) is 51.1 cm³/mol. The van der Waals surface area contributed by atoms with E-state index in [1.165, 1.54) is 6.92 Å². The van der Waals surface area contributed by atoms with E-state index >= 15 is 0 Å². The second-order valence-corrected chi connectivity index (χ2v) is 2.62. The number of ether oxygens (including phenoxy) is 1. The molecule has 74 valence electrons. The first-order valence-electron chi connectivity index (χ1n) is 4.34. The Balaban J connectivity index is 0. The summed E-state index contributed by atoms with van der Waals surface area (Å²) in [6.45, 7) is 7.90. The van der Waals surface area contributed by atoms with E-state index in [-0.39, 0.29) is 5.97 Å². The monoisotopic (exact) mass is 175 g/mol. The van der Waals surface area contributed by atoms with Gasteiger partial charge in [-0.1, -0.05) is 13.8 Å². The maximum absolute atomic E-state index is 10.3. The van der Waals surface area contributed by atoms with E-state index in [1.54, 1.807) is 0 Å². The third-order valence-corrected chi connectivity index (χ3v) is 1.41. The van der Waals surface area contributed by atoms with E-state index in [9.17, 15) is 4.79 Å². The first kappa shape index (κ1) is 14.0. The van der Waals surface area contributed by atoms with Crippen LogP contribution in [0.2, 0.25) is 0 Å². The molecule has 0 saturated carbocycles. The van der Waals surface area contributed by atoms with Gasteiger partial charge in [0.25, 0.3) is 0 Å². The number of carbonyl (C=O) groups is 1. The van der Waals surface area contributed by atoms with Gasteiger partial charge in [-0.25, -0.2) is 0 Å². The minimum Gasteiger partial charge on any atom is -0.464 e. The van der Waals surface area contributed by atoms with Crippen LogP contribution in [0.3, 0.4) is 0 Å². The van der Waals surface area contributed by atoms with Crippen molar-refractivity contribution in [1.29, 1.82) is 0 Å². The molecule has 0 N–H and O–H groups in total. The van der Waals surface area contributed by atoms with Crippen molar-refractivity contribution in [3.05, 3.63) is 0 Å². The highest BCUT2D eigenvalue weighted by Gasteiger charge is 2.04. The van der Waals surface area contributed by atoms with Gasteiger partial charge in [0.2, 0.25) is 0 Å². The second-order valence-electron chi connectivity index (χ2n) is 2.62. The molecule has 0 heterocycles. The summed E-state index contributed by atoms with van der Waals surface area (Å²) >= 11 is 0. The molecule has 0 spiro atoms. The minimum atomic E-state index is -0.214. The third kappa shape index (κ3) is 9.43. The molecule has 0 fully saturated rings. The van der Waals surface area contributed by atoms with E-state index in [1.807, 2.05) is 39.8 Å². The number of likely N-dealkylation sites (N-methyl/N-ethyl adjacent to an activating group) is 1. The van der Waals surface area contributed by atoms with Crippen LogP contribution in [0.1, 0.15) is 27.7 Å². The molecule has 0 saturated heterocycles. The Morgan fingerprint density at radius 3 is 2.08 bits per heavy atom. The number of rotatable bonds is 3. The zero-order valence-corrected chi connectivity index (χ0v) is 9.05. The normalized spacial score (nSPS) is 11.6. The van der Waals surface area contributed by atoms with Crippen LogP contribution in [0.25, 0.3) is 0 Å². The standard InChI is InChI=1S/C7H15NO2.C2H6/c1-6(8(3)4)5-10-7(2)9;1-2/h6H,5H2,1-4H3;1-2H3. The summed E-state index contributed by atoms with van der Waals surface area (Å²) in [7, 11) is 3.91. The zero-order chi connectivity index (χ0) is 10.1. The van der Waals surface area contributed by atoms with Crippen molar-refractivity contribution in [3.8, 4) is 0 Å². The van der Waals surface area contributed by atoms with Gasteiger partial charge in [0, 0.05) is 13.0 Å². The zero-order valence-electron chi connectivity index (χ0n) is 9.05. The molecule has 0 aliphatic carbocycles. The smallest absolute Gasteiger partial charge is 0.302 e. The fraction of sp³-hybridized carbons (Fsp3) is 0.889. The number of esters is 1. The minimum absolute atomic E-state index is 0.214. The molecule has 0 aromatic heterocycles. The van der Waals surface area contributed by atoms with E-state index in [2.05, 4.69) is 0 Å². The summed E-state index contributed by atoms with van der Waals surface area (Å²) in [4.78, 5) is 12.3. The number of carbonyl (C=O) groups excluding carboxylic acids is 1. The van der Waals surface area contributed by atoms with Gasteiger partial charge in [0.05, 0.1) is 0 Å². The van der Waals surface area contributed by atoms with Crippen LogP contribution in [-0.4, -0.2) is 37.6 Å². The fourth-order valence-electron chi connectivity index (χ4n) is 0.387. The lowest BCUT2D eigenvalue weighted by molar-refractivity contribution is -0.142. The van der Waals surface area contributed by atoms with Gasteiger partial charge in [-0.05, 0) is 21.0 Å². The average Bonchev–Trinajstić information content (AvgIpc) is 2.03. The van der Waals surface area contributed by atoms with Crippen molar-refractivity contribution in [2.45, 2.75) is 33.7 Å². The van der Waals surface area contributed by atoms with Crippen LogP contribution in [0.5, 0.6) is 0 Å². The van der Waals surface area contributed by atoms with Gasteiger partial charge >= 0.3 is 5.97 Å². The van der Waals surface area contributed by atoms with Gasteiger partial charge in [-0.3, -0.25) is 4.79 Å². The summed E-state index contributed by atoms with van der Waals surface area (Å²) in [5, 5.41) is 0. The second kappa shape index (κ2) is 8.53. The topological polar surface area (TPSA) is 29.5 Å². The lowest BCUT2D eigenvalue weighted by atomic mass is 10.3. The third-order valence-electron chi connectivity index (χ3n) is 1.41. The summed E-state index contributed by atoms with van der Waals surface area (Å²) in [6, 6.07) is 0.295.